The lowest BCUT2D eigenvalue weighted by atomic mass is 9.81. The molecule has 129 heavy (non-hydrogen) atoms. The van der Waals surface area contributed by atoms with Gasteiger partial charge in [-0.1, -0.05) is 347 Å². The van der Waals surface area contributed by atoms with Crippen LogP contribution in [0.1, 0.15) is 25.0 Å². The van der Waals surface area contributed by atoms with E-state index in [1.54, 1.807) is 72.8 Å². The van der Waals surface area contributed by atoms with Crippen LogP contribution in [-0.4, -0.2) is 0 Å². The van der Waals surface area contributed by atoms with E-state index in [0.29, 0.717) is 16.8 Å². The van der Waals surface area contributed by atoms with Crippen LogP contribution in [0.5, 0.6) is 0 Å². The SMILES string of the molecule is Brc1ccc2ccc3c(-c4ccc5c(ccc6cc(N(c7ccccc7)c7ccccc7)ccc65)c4)ccc4ccc1c2c43.CC1(C)c2cc(-c3ccc4ccc5c(Br)ccc6ccc3c4c65)ccc2-c2ccc(N(c3ccccc3)c3ccccc3)cc21.Fc1c(F)c(N(c2ccccc2)c2ccccc2)c(F)c(F)c1-c1ccc2ccc3c(Br)ccc4ccc1c2c43. The van der Waals surface area contributed by atoms with E-state index in [2.05, 4.69) is 375 Å². The average Bonchev–Trinajstić information content (AvgIpc) is 1.68. The van der Waals surface area contributed by atoms with E-state index >= 15 is 17.6 Å². The highest BCUT2D eigenvalue weighted by Gasteiger charge is 2.38. The molecule has 25 rings (SSSR count). The number of rotatable bonds is 12. The second-order valence-corrected chi connectivity index (χ2v) is 36.3. The first-order chi connectivity index (χ1) is 63.2. The van der Waals surface area contributed by atoms with Crippen LogP contribution in [0.15, 0.2) is 426 Å². The van der Waals surface area contributed by atoms with E-state index in [0.717, 1.165) is 68.8 Å². The topological polar surface area (TPSA) is 9.72 Å². The molecular formula is C119H74Br3F4N3. The zero-order valence-electron chi connectivity index (χ0n) is 69.7. The lowest BCUT2D eigenvalue weighted by Gasteiger charge is -2.28. The van der Waals surface area contributed by atoms with Gasteiger partial charge in [-0.15, -0.1) is 0 Å². The van der Waals surface area contributed by atoms with Gasteiger partial charge in [0.2, 0.25) is 0 Å². The maximum absolute atomic E-state index is 16.1. The number of halogens is 7. The molecule has 0 bridgehead atoms. The van der Waals surface area contributed by atoms with E-state index in [1.165, 1.54) is 147 Å². The molecule has 0 aromatic heterocycles. The summed E-state index contributed by atoms with van der Waals surface area (Å²) in [6.45, 7) is 4.75. The smallest absolute Gasteiger partial charge is 0.186 e. The Hall–Kier alpha value is -14.5. The third-order valence-electron chi connectivity index (χ3n) is 26.3. The van der Waals surface area contributed by atoms with Crippen LogP contribution >= 0.6 is 47.8 Å². The van der Waals surface area contributed by atoms with Gasteiger partial charge in [0.05, 0.1) is 5.56 Å². The van der Waals surface area contributed by atoms with Crippen molar-refractivity contribution >= 4 is 217 Å². The summed E-state index contributed by atoms with van der Waals surface area (Å²) in [5.74, 6) is -5.87. The minimum atomic E-state index is -1.48. The first kappa shape index (κ1) is 79.1. The lowest BCUT2D eigenvalue weighted by molar-refractivity contribution is 0.461. The Bertz CT molecular complexity index is 8410. The molecule has 24 aromatic carbocycles. The number of hydrogen-bond donors (Lipinski definition) is 0. The van der Waals surface area contributed by atoms with Crippen molar-refractivity contribution in [1.29, 1.82) is 0 Å². The highest BCUT2D eigenvalue weighted by atomic mass is 79.9. The maximum atomic E-state index is 16.1. The predicted molar refractivity (Wildman–Crippen MR) is 546 cm³/mol. The van der Waals surface area contributed by atoms with Gasteiger partial charge >= 0.3 is 0 Å². The molecule has 0 heterocycles. The second-order valence-electron chi connectivity index (χ2n) is 33.8. The van der Waals surface area contributed by atoms with Crippen LogP contribution in [0, 0.1) is 23.3 Å². The highest BCUT2D eigenvalue weighted by Crippen LogP contribution is 2.55. The van der Waals surface area contributed by atoms with E-state index < -0.39 is 34.5 Å². The van der Waals surface area contributed by atoms with Crippen molar-refractivity contribution in [1.82, 2.24) is 0 Å². The summed E-state index contributed by atoms with van der Waals surface area (Å²) in [6, 6.07) is 142. The van der Waals surface area contributed by atoms with Gasteiger partial charge in [0, 0.05) is 64.3 Å². The van der Waals surface area contributed by atoms with Gasteiger partial charge in [0.1, 0.15) is 5.69 Å². The van der Waals surface area contributed by atoms with Crippen LogP contribution in [0.25, 0.3) is 163 Å². The molecule has 0 N–H and O–H groups in total. The summed E-state index contributed by atoms with van der Waals surface area (Å²) in [4.78, 5) is 5.86. The van der Waals surface area contributed by atoms with Crippen LogP contribution in [0.3, 0.4) is 0 Å². The highest BCUT2D eigenvalue weighted by molar-refractivity contribution is 9.11. The van der Waals surface area contributed by atoms with Crippen LogP contribution in [0.2, 0.25) is 0 Å². The summed E-state index contributed by atoms with van der Waals surface area (Å²) in [5, 5.41) is 25.5. The van der Waals surface area contributed by atoms with Crippen LogP contribution in [-0.2, 0) is 5.41 Å². The Morgan fingerprint density at radius 3 is 0.868 bits per heavy atom. The van der Waals surface area contributed by atoms with Gasteiger partial charge in [-0.05, 0) is 296 Å². The number of fused-ring (bicyclic) bond motifs is 6. The minimum Gasteiger partial charge on any atom is -0.310 e. The molecule has 0 amide bonds. The molecule has 0 aliphatic heterocycles. The largest absolute Gasteiger partial charge is 0.310 e. The van der Waals surface area contributed by atoms with Gasteiger partial charge < -0.3 is 14.7 Å². The summed E-state index contributed by atoms with van der Waals surface area (Å²) in [7, 11) is 0. The number of para-hydroxylation sites is 6. The average molecular weight is 1860 g/mol. The zero-order chi connectivity index (χ0) is 87.0. The molecule has 1 aliphatic rings. The van der Waals surface area contributed by atoms with Gasteiger partial charge in [-0.25, -0.2) is 17.6 Å². The quantitative estimate of drug-likeness (QED) is 0.0686. The fourth-order valence-electron chi connectivity index (χ4n) is 20.2. The third-order valence-corrected chi connectivity index (χ3v) is 28.3. The summed E-state index contributed by atoms with van der Waals surface area (Å²) in [5.41, 5.74) is 16.4. The Balaban J connectivity index is 0.000000111. The first-order valence-corrected chi connectivity index (χ1v) is 45.5. The van der Waals surface area contributed by atoms with Crippen molar-refractivity contribution < 1.29 is 17.6 Å². The predicted octanol–water partition coefficient (Wildman–Crippen LogP) is 36.6. The Labute approximate surface area is 767 Å². The Morgan fingerprint density at radius 1 is 0.202 bits per heavy atom. The van der Waals surface area contributed by atoms with Crippen molar-refractivity contribution in [3.8, 4) is 44.5 Å². The molecule has 0 atom stereocenters. The molecular weight excluding hydrogens is 1790 g/mol. The summed E-state index contributed by atoms with van der Waals surface area (Å²) >= 11 is 11.2. The van der Waals surface area contributed by atoms with Crippen molar-refractivity contribution in [2.45, 2.75) is 19.3 Å². The fraction of sp³-hybridized carbons (Fsp3) is 0.0252. The first-order valence-electron chi connectivity index (χ1n) is 43.1. The maximum Gasteiger partial charge on any atom is 0.186 e. The molecule has 614 valence electrons. The van der Waals surface area contributed by atoms with Gasteiger partial charge in [-0.2, -0.15) is 0 Å². The molecule has 0 radical (unpaired) electrons. The minimum absolute atomic E-state index is 0.0761. The zero-order valence-corrected chi connectivity index (χ0v) is 74.5. The number of anilines is 9. The summed E-state index contributed by atoms with van der Waals surface area (Å²) in [6.07, 6.45) is 0. The molecule has 0 spiro atoms. The summed E-state index contributed by atoms with van der Waals surface area (Å²) < 4.78 is 67.3. The van der Waals surface area contributed by atoms with Gasteiger partial charge in [-0.3, -0.25) is 0 Å². The monoisotopic (exact) mass is 1860 g/mol. The Morgan fingerprint density at radius 2 is 0.465 bits per heavy atom. The van der Waals surface area contributed by atoms with Crippen molar-refractivity contribution in [2.75, 3.05) is 14.7 Å². The molecule has 0 unspecified atom stereocenters. The molecule has 1 aliphatic carbocycles. The van der Waals surface area contributed by atoms with Crippen LogP contribution < -0.4 is 14.7 Å². The lowest BCUT2D eigenvalue weighted by Crippen LogP contribution is -2.16. The molecule has 0 saturated heterocycles. The number of nitrogens with zero attached hydrogens (tertiary/aromatic N) is 3. The molecule has 0 saturated carbocycles. The van der Waals surface area contributed by atoms with Gasteiger partial charge in [0.25, 0.3) is 0 Å². The molecule has 3 nitrogen and oxygen atoms in total. The number of hydrogen-bond acceptors (Lipinski definition) is 3. The van der Waals surface area contributed by atoms with Crippen molar-refractivity contribution in [2.24, 2.45) is 0 Å². The normalized spacial score (nSPS) is 12.3. The molecule has 24 aromatic rings. The molecule has 10 heteroatoms. The van der Waals surface area contributed by atoms with E-state index in [-0.39, 0.29) is 11.0 Å². The van der Waals surface area contributed by atoms with E-state index in [9.17, 15) is 0 Å². The molecule has 0 fully saturated rings. The second kappa shape index (κ2) is 31.8. The van der Waals surface area contributed by atoms with E-state index in [1.807, 2.05) is 30.3 Å². The van der Waals surface area contributed by atoms with Crippen LogP contribution in [0.4, 0.5) is 68.7 Å². The van der Waals surface area contributed by atoms with E-state index in [4.69, 9.17) is 0 Å². The van der Waals surface area contributed by atoms with Crippen molar-refractivity contribution in [3.05, 3.63) is 460 Å². The Kier molecular flexibility index (Phi) is 19.5. The standard InChI is InChI=1S/C43H30BrN.C42H26BrN.C34H18BrF4N/c1-43(2)38-25-29(33-19-13-27-15-22-37-40(44)24-17-28-14-21-36(33)41(27)42(28)37)16-20-34(38)35-23-18-32(26-39(35)43)45(30-9-5-3-6-10-30)31-11-7-4-8-12-31;43-40-24-17-28-14-21-38-37(19-13-27-15-22-39(40)42(28)41(27)38)30-16-20-35-29(25-30)11-12-31-26-34(18-23-36(31)35)44(32-7-3-1-4-8-32)33-9-5-2-6-10-33;35-26-18-14-20-11-15-23-24(16-12-19-13-17-25(26)28(20)27(19)23)29-30(36)32(38)34(33(39)31(29)37)40(21-7-3-1-4-8-21)22-9-5-2-6-10-22/h3-26H,1-2H3;1-26H;1-18H. The van der Waals surface area contributed by atoms with Crippen molar-refractivity contribution in [3.63, 3.8) is 0 Å². The fourth-order valence-corrected chi connectivity index (χ4v) is 21.6. The number of benzene rings is 24. The van der Waals surface area contributed by atoms with Gasteiger partial charge in [0.15, 0.2) is 23.3 Å². The third kappa shape index (κ3) is 13.2.